The molecule has 0 saturated heterocycles. The van der Waals surface area contributed by atoms with Crippen molar-refractivity contribution >= 4 is 59.4 Å². The van der Waals surface area contributed by atoms with Crippen LogP contribution in [0.3, 0.4) is 0 Å². The molecule has 0 amide bonds. The van der Waals surface area contributed by atoms with Gasteiger partial charge in [-0.1, -0.05) is 36.4 Å². The van der Waals surface area contributed by atoms with Crippen molar-refractivity contribution in [2.75, 3.05) is 0 Å². The first kappa shape index (κ1) is 14.1. The molecule has 3 nitrogen and oxygen atoms in total. The van der Waals surface area contributed by atoms with E-state index in [4.69, 9.17) is 0 Å². The van der Waals surface area contributed by atoms with Gasteiger partial charge in [-0.3, -0.25) is 0 Å². The van der Waals surface area contributed by atoms with Crippen LogP contribution in [-0.2, 0) is 10.0 Å². The molecule has 0 aliphatic rings. The molecule has 1 aromatic heterocycles. The fraction of sp³-hybridized carbons (Fsp3) is 0. The van der Waals surface area contributed by atoms with E-state index in [0.29, 0.717) is 9.22 Å². The first-order chi connectivity index (χ1) is 9.53. The second-order valence-corrected chi connectivity index (χ2v) is 7.81. The fourth-order valence-electron chi connectivity index (χ4n) is 2.08. The molecule has 0 bridgehead atoms. The van der Waals surface area contributed by atoms with Gasteiger partial charge < -0.3 is 0 Å². The molecule has 3 aromatic rings. The number of benzene rings is 2. The first-order valence-electron chi connectivity index (χ1n) is 5.78. The second kappa shape index (κ2) is 5.16. The Balaban J connectivity index is 2.39. The molecule has 1 heterocycles. The highest BCUT2D eigenvalue weighted by molar-refractivity contribution is 14.1. The third-order valence-corrected chi connectivity index (χ3v) is 7.62. The lowest BCUT2D eigenvalue weighted by molar-refractivity contribution is 0.588. The Labute approximate surface area is 138 Å². The van der Waals surface area contributed by atoms with Gasteiger partial charge in [0.25, 0.3) is 10.0 Å². The summed E-state index contributed by atoms with van der Waals surface area (Å²) in [4.78, 5) is 0.283. The minimum atomic E-state index is -3.60. The van der Waals surface area contributed by atoms with Crippen LogP contribution in [0, 0.1) is 3.70 Å². The molecule has 0 aliphatic carbocycles. The number of rotatable bonds is 2. The molecule has 0 fully saturated rings. The van der Waals surface area contributed by atoms with Crippen LogP contribution in [0.5, 0.6) is 0 Å². The molecule has 3 rings (SSSR count). The molecule has 0 saturated carbocycles. The maximum absolute atomic E-state index is 12.8. The number of hydrogen-bond donors (Lipinski definition) is 0. The van der Waals surface area contributed by atoms with E-state index < -0.39 is 10.0 Å². The van der Waals surface area contributed by atoms with E-state index in [-0.39, 0.29) is 4.90 Å². The normalized spacial score (nSPS) is 11.9. The van der Waals surface area contributed by atoms with Crippen LogP contribution in [0.1, 0.15) is 0 Å². The van der Waals surface area contributed by atoms with Crippen LogP contribution in [0.2, 0.25) is 0 Å². The highest BCUT2D eigenvalue weighted by Gasteiger charge is 2.24. The van der Waals surface area contributed by atoms with Crippen molar-refractivity contribution in [3.05, 3.63) is 62.8 Å². The summed E-state index contributed by atoms with van der Waals surface area (Å²) in [5.41, 5.74) is 0.674. The largest absolute Gasteiger partial charge is 0.269 e. The van der Waals surface area contributed by atoms with Crippen LogP contribution in [0.25, 0.3) is 10.9 Å². The van der Waals surface area contributed by atoms with Crippen LogP contribution in [0.15, 0.2) is 64.0 Å². The van der Waals surface area contributed by atoms with E-state index in [9.17, 15) is 8.42 Å². The summed E-state index contributed by atoms with van der Waals surface area (Å²) in [5.74, 6) is 0. The molecule has 20 heavy (non-hydrogen) atoms. The lowest BCUT2D eigenvalue weighted by atomic mass is 10.3. The summed E-state index contributed by atoms with van der Waals surface area (Å²) >= 11 is 5.52. The van der Waals surface area contributed by atoms with Gasteiger partial charge in [-0.25, -0.2) is 12.4 Å². The Morgan fingerprint density at radius 2 is 1.55 bits per heavy atom. The maximum atomic E-state index is 12.8. The van der Waals surface area contributed by atoms with Crippen molar-refractivity contribution in [3.63, 3.8) is 0 Å². The number of nitrogens with zero attached hydrogens (tertiary/aromatic N) is 1. The number of hydrogen-bond acceptors (Lipinski definition) is 2. The van der Waals surface area contributed by atoms with E-state index in [1.54, 1.807) is 30.3 Å². The zero-order valence-electron chi connectivity index (χ0n) is 10.1. The summed E-state index contributed by atoms with van der Waals surface area (Å²) in [7, 11) is -3.60. The summed E-state index contributed by atoms with van der Waals surface area (Å²) in [6.45, 7) is 0. The van der Waals surface area contributed by atoms with E-state index >= 15 is 0 Å². The first-order valence-corrected chi connectivity index (χ1v) is 9.10. The standard InChI is InChI=1S/C14H9BrINO2S/c15-13-11-8-4-5-9-12(11)17(14(13)16)20(18,19)10-6-2-1-3-7-10/h1-9H. The van der Waals surface area contributed by atoms with Crippen molar-refractivity contribution in [3.8, 4) is 0 Å². The highest BCUT2D eigenvalue weighted by atomic mass is 127. The monoisotopic (exact) mass is 461 g/mol. The molecule has 6 heteroatoms. The van der Waals surface area contributed by atoms with Crippen molar-refractivity contribution in [2.24, 2.45) is 0 Å². The van der Waals surface area contributed by atoms with Gasteiger partial charge in [-0.05, 0) is 56.7 Å². The quantitative estimate of drug-likeness (QED) is 0.535. The number of halogens is 2. The third-order valence-electron chi connectivity index (χ3n) is 3.00. The number of para-hydroxylation sites is 1. The molecular weight excluding hydrogens is 453 g/mol. The van der Waals surface area contributed by atoms with Crippen molar-refractivity contribution in [2.45, 2.75) is 4.90 Å². The molecule has 102 valence electrons. The molecule has 0 atom stereocenters. The van der Waals surface area contributed by atoms with Crippen molar-refractivity contribution in [1.29, 1.82) is 0 Å². The highest BCUT2D eigenvalue weighted by Crippen LogP contribution is 2.34. The Hall–Kier alpha value is -0.860. The number of fused-ring (bicyclic) bond motifs is 1. The predicted octanol–water partition coefficient (Wildman–Crippen LogP) is 4.25. The van der Waals surface area contributed by atoms with Crippen LogP contribution < -0.4 is 0 Å². The Morgan fingerprint density at radius 3 is 2.25 bits per heavy atom. The van der Waals surface area contributed by atoms with Gasteiger partial charge in [0, 0.05) is 5.39 Å². The van der Waals surface area contributed by atoms with Crippen molar-refractivity contribution in [1.82, 2.24) is 3.97 Å². The Kier molecular flexibility index (Phi) is 3.64. The van der Waals surface area contributed by atoms with Gasteiger partial charge in [-0.2, -0.15) is 0 Å². The summed E-state index contributed by atoms with van der Waals surface area (Å²) in [6.07, 6.45) is 0. The zero-order valence-corrected chi connectivity index (χ0v) is 14.7. The van der Waals surface area contributed by atoms with E-state index in [1.807, 2.05) is 46.9 Å². The molecule has 0 spiro atoms. The summed E-state index contributed by atoms with van der Waals surface area (Å²) in [5, 5.41) is 0.886. The van der Waals surface area contributed by atoms with E-state index in [0.717, 1.165) is 9.86 Å². The topological polar surface area (TPSA) is 39.1 Å². The average Bonchev–Trinajstić information content (AvgIpc) is 2.73. The van der Waals surface area contributed by atoms with Gasteiger partial charge in [0.15, 0.2) is 0 Å². The SMILES string of the molecule is O=S(=O)(c1ccccc1)n1c(I)c(Br)c2ccccc21. The van der Waals surface area contributed by atoms with E-state index in [1.165, 1.54) is 3.97 Å². The third kappa shape index (κ3) is 2.10. The predicted molar refractivity (Wildman–Crippen MR) is 91.4 cm³/mol. The molecule has 0 unspecified atom stereocenters. The summed E-state index contributed by atoms with van der Waals surface area (Å²) in [6, 6.07) is 15.9. The average molecular weight is 462 g/mol. The number of aromatic nitrogens is 1. The molecule has 2 aromatic carbocycles. The zero-order chi connectivity index (χ0) is 14.3. The molecule has 0 N–H and O–H groups in total. The van der Waals surface area contributed by atoms with Gasteiger partial charge in [0.05, 0.1) is 14.9 Å². The molecular formula is C14H9BrINO2S. The maximum Gasteiger partial charge on any atom is 0.269 e. The smallest absolute Gasteiger partial charge is 0.227 e. The van der Waals surface area contributed by atoms with Gasteiger partial charge in [-0.15, -0.1) is 0 Å². The van der Waals surface area contributed by atoms with Gasteiger partial charge >= 0.3 is 0 Å². The van der Waals surface area contributed by atoms with Crippen LogP contribution in [0.4, 0.5) is 0 Å². The van der Waals surface area contributed by atoms with Crippen molar-refractivity contribution < 1.29 is 8.42 Å². The fourth-order valence-corrected chi connectivity index (χ4v) is 5.47. The summed E-state index contributed by atoms with van der Waals surface area (Å²) < 4.78 is 28.5. The lowest BCUT2D eigenvalue weighted by Crippen LogP contribution is -2.14. The lowest BCUT2D eigenvalue weighted by Gasteiger charge is -2.08. The second-order valence-electron chi connectivity index (χ2n) is 4.20. The van der Waals surface area contributed by atoms with Crippen LogP contribution in [-0.4, -0.2) is 12.4 Å². The minimum absolute atomic E-state index is 0.283. The van der Waals surface area contributed by atoms with Gasteiger partial charge in [0.2, 0.25) is 0 Å². The molecule has 0 aliphatic heterocycles. The van der Waals surface area contributed by atoms with E-state index in [2.05, 4.69) is 15.9 Å². The van der Waals surface area contributed by atoms with Crippen LogP contribution >= 0.6 is 38.5 Å². The molecule has 0 radical (unpaired) electrons. The Bertz CT molecular complexity index is 888. The Morgan fingerprint density at radius 1 is 0.950 bits per heavy atom. The van der Waals surface area contributed by atoms with Gasteiger partial charge in [0.1, 0.15) is 3.70 Å². The minimum Gasteiger partial charge on any atom is -0.227 e.